The van der Waals surface area contributed by atoms with Gasteiger partial charge in [0.1, 0.15) is 6.04 Å². The molecule has 0 bridgehead atoms. The lowest BCUT2D eigenvalue weighted by Gasteiger charge is -2.23. The summed E-state index contributed by atoms with van der Waals surface area (Å²) in [5.41, 5.74) is 10.5. The summed E-state index contributed by atoms with van der Waals surface area (Å²) < 4.78 is 5.01. The fraction of sp³-hybridized carbons (Fsp3) is 0.857. The van der Waals surface area contributed by atoms with Crippen LogP contribution in [-0.2, 0) is 9.53 Å². The van der Waals surface area contributed by atoms with Gasteiger partial charge in [0.05, 0.1) is 6.10 Å². The summed E-state index contributed by atoms with van der Waals surface area (Å²) in [7, 11) is 1.52. The van der Waals surface area contributed by atoms with Gasteiger partial charge in [-0.1, -0.05) is 13.8 Å². The first-order chi connectivity index (χ1) is 5.00. The quantitative estimate of drug-likeness (QED) is 0.580. The number of amides is 1. The van der Waals surface area contributed by atoms with Crippen LogP contribution in [0.3, 0.4) is 0 Å². The lowest BCUT2D eigenvalue weighted by atomic mass is 10.00. The number of methoxy groups -OCH3 is 1. The van der Waals surface area contributed by atoms with Crippen molar-refractivity contribution < 1.29 is 9.53 Å². The summed E-state index contributed by atoms with van der Waals surface area (Å²) in [6.07, 6.45) is -0.285. The predicted molar refractivity (Wildman–Crippen MR) is 42.8 cm³/mol. The molecule has 1 amide bonds. The summed E-state index contributed by atoms with van der Waals surface area (Å²) in [5.74, 6) is -0.326. The van der Waals surface area contributed by atoms with Crippen molar-refractivity contribution in [2.45, 2.75) is 26.0 Å². The minimum absolute atomic E-state index is 0.197. The number of hydrogen-bond donors (Lipinski definition) is 2. The van der Waals surface area contributed by atoms with Gasteiger partial charge in [-0.3, -0.25) is 4.79 Å². The maximum Gasteiger partial charge on any atom is 0.237 e. The fourth-order valence-corrected chi connectivity index (χ4v) is 0.995. The first-order valence-corrected chi connectivity index (χ1v) is 3.58. The molecule has 0 aliphatic heterocycles. The zero-order valence-electron chi connectivity index (χ0n) is 7.20. The molecule has 0 rings (SSSR count). The van der Waals surface area contributed by atoms with Crippen LogP contribution >= 0.6 is 0 Å². The largest absolute Gasteiger partial charge is 0.379 e. The van der Waals surface area contributed by atoms with Crippen LogP contribution in [0.4, 0.5) is 0 Å². The second-order valence-corrected chi connectivity index (χ2v) is 2.87. The van der Waals surface area contributed by atoms with Crippen LogP contribution in [0.25, 0.3) is 0 Å². The van der Waals surface area contributed by atoms with E-state index in [0.717, 1.165) is 0 Å². The molecule has 4 heteroatoms. The number of nitrogens with two attached hydrogens (primary N) is 2. The van der Waals surface area contributed by atoms with Crippen molar-refractivity contribution in [3.8, 4) is 0 Å². The Morgan fingerprint density at radius 1 is 1.45 bits per heavy atom. The lowest BCUT2D eigenvalue weighted by molar-refractivity contribution is -0.123. The molecule has 4 N–H and O–H groups in total. The molecule has 0 aliphatic carbocycles. The van der Waals surface area contributed by atoms with Crippen LogP contribution < -0.4 is 11.5 Å². The second-order valence-electron chi connectivity index (χ2n) is 2.87. The van der Waals surface area contributed by atoms with Gasteiger partial charge in [0.15, 0.2) is 0 Å². The molecular formula is C7H16N2O2. The predicted octanol–water partition coefficient (Wildman–Crippen LogP) is -0.530. The van der Waals surface area contributed by atoms with E-state index in [0.29, 0.717) is 0 Å². The minimum Gasteiger partial charge on any atom is -0.379 e. The Kier molecular flexibility index (Phi) is 4.07. The maximum atomic E-state index is 10.6. The van der Waals surface area contributed by atoms with Crippen molar-refractivity contribution in [1.82, 2.24) is 0 Å². The van der Waals surface area contributed by atoms with Gasteiger partial charge in [-0.15, -0.1) is 0 Å². The first-order valence-electron chi connectivity index (χ1n) is 3.58. The van der Waals surface area contributed by atoms with Gasteiger partial charge >= 0.3 is 0 Å². The van der Waals surface area contributed by atoms with E-state index in [9.17, 15) is 4.79 Å². The highest BCUT2D eigenvalue weighted by molar-refractivity contribution is 5.80. The average molecular weight is 160 g/mol. The maximum absolute atomic E-state index is 10.6. The Bertz CT molecular complexity index is 136. The third kappa shape index (κ3) is 2.86. The van der Waals surface area contributed by atoms with Crippen molar-refractivity contribution in [3.05, 3.63) is 0 Å². The number of ether oxygens (including phenoxy) is 1. The highest BCUT2D eigenvalue weighted by Gasteiger charge is 2.24. The molecule has 66 valence electrons. The van der Waals surface area contributed by atoms with Crippen molar-refractivity contribution in [2.24, 2.45) is 17.4 Å². The van der Waals surface area contributed by atoms with Gasteiger partial charge in [0, 0.05) is 7.11 Å². The van der Waals surface area contributed by atoms with E-state index < -0.39 is 11.9 Å². The van der Waals surface area contributed by atoms with E-state index in [1.165, 1.54) is 7.11 Å². The minimum atomic E-state index is -0.708. The molecule has 0 aliphatic rings. The van der Waals surface area contributed by atoms with Gasteiger partial charge in [-0.2, -0.15) is 0 Å². The molecule has 0 saturated carbocycles. The van der Waals surface area contributed by atoms with Crippen molar-refractivity contribution in [1.29, 1.82) is 0 Å². The van der Waals surface area contributed by atoms with Crippen LogP contribution in [-0.4, -0.2) is 25.2 Å². The molecule has 0 spiro atoms. The van der Waals surface area contributed by atoms with Gasteiger partial charge in [0.25, 0.3) is 0 Å². The fourth-order valence-electron chi connectivity index (χ4n) is 0.995. The van der Waals surface area contributed by atoms with E-state index in [4.69, 9.17) is 16.2 Å². The topological polar surface area (TPSA) is 78.3 Å². The third-order valence-corrected chi connectivity index (χ3v) is 1.61. The van der Waals surface area contributed by atoms with E-state index in [1.807, 2.05) is 13.8 Å². The van der Waals surface area contributed by atoms with Crippen LogP contribution in [0.1, 0.15) is 13.8 Å². The highest BCUT2D eigenvalue weighted by atomic mass is 16.5. The molecule has 2 unspecified atom stereocenters. The zero-order chi connectivity index (χ0) is 9.02. The Balaban J connectivity index is 4.13. The third-order valence-electron chi connectivity index (χ3n) is 1.61. The van der Waals surface area contributed by atoms with Gasteiger partial charge in [0.2, 0.25) is 5.91 Å². The molecular weight excluding hydrogens is 144 g/mol. The van der Waals surface area contributed by atoms with E-state index in [2.05, 4.69) is 0 Å². The number of rotatable bonds is 4. The standard InChI is InChI=1S/C7H16N2O2/c1-4(2)6(11-3)5(8)7(9)10/h4-6H,8H2,1-3H3,(H2,9,10). The number of primary amides is 1. The summed E-state index contributed by atoms with van der Waals surface area (Å²) in [4.78, 5) is 10.6. The van der Waals surface area contributed by atoms with E-state index in [-0.39, 0.29) is 12.0 Å². The zero-order valence-corrected chi connectivity index (χ0v) is 7.20. The Hall–Kier alpha value is -0.610. The average Bonchev–Trinajstić information content (AvgIpc) is 1.88. The Morgan fingerprint density at radius 3 is 2.00 bits per heavy atom. The van der Waals surface area contributed by atoms with Crippen LogP contribution in [0.5, 0.6) is 0 Å². The highest BCUT2D eigenvalue weighted by Crippen LogP contribution is 2.07. The van der Waals surface area contributed by atoms with E-state index in [1.54, 1.807) is 0 Å². The van der Waals surface area contributed by atoms with Gasteiger partial charge in [-0.25, -0.2) is 0 Å². The number of carbonyl (C=O) groups is 1. The smallest absolute Gasteiger partial charge is 0.237 e. The Labute approximate surface area is 66.9 Å². The van der Waals surface area contributed by atoms with Crippen LogP contribution in [0.2, 0.25) is 0 Å². The normalized spacial score (nSPS) is 16.5. The SMILES string of the molecule is COC(C(C)C)C(N)C(N)=O. The molecule has 0 aromatic rings. The molecule has 11 heavy (non-hydrogen) atoms. The van der Waals surface area contributed by atoms with Crippen LogP contribution in [0.15, 0.2) is 0 Å². The molecule has 0 saturated heterocycles. The molecule has 0 fully saturated rings. The van der Waals surface area contributed by atoms with Crippen molar-refractivity contribution in [2.75, 3.05) is 7.11 Å². The molecule has 0 radical (unpaired) electrons. The molecule has 0 heterocycles. The summed E-state index contributed by atoms with van der Waals surface area (Å²) in [6.45, 7) is 3.86. The van der Waals surface area contributed by atoms with Gasteiger partial charge in [-0.05, 0) is 5.92 Å². The lowest BCUT2D eigenvalue weighted by Crippen LogP contribution is -2.48. The molecule has 2 atom stereocenters. The molecule has 4 nitrogen and oxygen atoms in total. The van der Waals surface area contributed by atoms with E-state index >= 15 is 0 Å². The van der Waals surface area contributed by atoms with Crippen molar-refractivity contribution >= 4 is 5.91 Å². The van der Waals surface area contributed by atoms with Crippen LogP contribution in [0, 0.1) is 5.92 Å². The summed E-state index contributed by atoms with van der Waals surface area (Å²) >= 11 is 0. The number of carbonyl (C=O) groups excluding carboxylic acids is 1. The monoisotopic (exact) mass is 160 g/mol. The summed E-state index contributed by atoms with van der Waals surface area (Å²) in [5, 5.41) is 0. The second kappa shape index (κ2) is 4.31. The summed E-state index contributed by atoms with van der Waals surface area (Å²) in [6, 6.07) is -0.708. The molecule has 0 aromatic heterocycles. The van der Waals surface area contributed by atoms with Crippen molar-refractivity contribution in [3.63, 3.8) is 0 Å². The molecule has 0 aromatic carbocycles. The van der Waals surface area contributed by atoms with Gasteiger partial charge < -0.3 is 16.2 Å². The Morgan fingerprint density at radius 2 is 1.91 bits per heavy atom. The first kappa shape index (κ1) is 10.4. The number of hydrogen-bond acceptors (Lipinski definition) is 3.